The van der Waals surface area contributed by atoms with Crippen LogP contribution in [-0.4, -0.2) is 85.2 Å². The van der Waals surface area contributed by atoms with Crippen molar-refractivity contribution in [3.63, 3.8) is 0 Å². The Kier molecular flexibility index (Phi) is 23.8. The fourth-order valence-electron chi connectivity index (χ4n) is 8.47. The van der Waals surface area contributed by atoms with E-state index in [2.05, 4.69) is 203 Å². The van der Waals surface area contributed by atoms with Crippen LogP contribution in [0.5, 0.6) is 0 Å². The van der Waals surface area contributed by atoms with Gasteiger partial charge in [-0.25, -0.2) is 0 Å². The van der Waals surface area contributed by atoms with Gasteiger partial charge in [0.1, 0.15) is 11.9 Å². The summed E-state index contributed by atoms with van der Waals surface area (Å²) in [5, 5.41) is 11.4. The van der Waals surface area contributed by atoms with Crippen molar-refractivity contribution in [3.8, 4) is 11.8 Å². The first-order valence-electron chi connectivity index (χ1n) is 23.7. The topological polar surface area (TPSA) is 58.2 Å². The van der Waals surface area contributed by atoms with Crippen LogP contribution in [0, 0.1) is 18.8 Å². The third-order valence-corrected chi connectivity index (χ3v) is 13.5. The summed E-state index contributed by atoms with van der Waals surface area (Å²) in [5.74, 6) is 8.47. The maximum Gasteiger partial charge on any atom is 0.132 e. The Bertz CT molecular complexity index is 2280. The smallest absolute Gasteiger partial charge is 0.132 e. The molecule has 0 fully saturated rings. The molecule has 1 aliphatic heterocycles. The van der Waals surface area contributed by atoms with Crippen molar-refractivity contribution in [1.29, 1.82) is 0 Å². The third-order valence-electron chi connectivity index (χ3n) is 12.1. The molecule has 2 aliphatic rings. The van der Waals surface area contributed by atoms with Crippen molar-refractivity contribution < 1.29 is 0 Å². The predicted molar refractivity (Wildman–Crippen MR) is 296 cm³/mol. The van der Waals surface area contributed by atoms with Gasteiger partial charge in [-0.2, -0.15) is 0 Å². The van der Waals surface area contributed by atoms with Gasteiger partial charge in [0.05, 0.1) is 16.8 Å². The van der Waals surface area contributed by atoms with Crippen LogP contribution in [0.3, 0.4) is 0 Å². The van der Waals surface area contributed by atoms with Crippen LogP contribution in [0.4, 0.5) is 0 Å². The Morgan fingerprint density at radius 3 is 2.40 bits per heavy atom. The van der Waals surface area contributed by atoms with Crippen molar-refractivity contribution in [2.45, 2.75) is 95.8 Å². The second-order valence-electron chi connectivity index (χ2n) is 17.0. The van der Waals surface area contributed by atoms with E-state index in [0.717, 1.165) is 110 Å². The zero-order valence-electron chi connectivity index (χ0n) is 41.1. The molecule has 10 heteroatoms. The van der Waals surface area contributed by atoms with Gasteiger partial charge in [0.25, 0.3) is 0 Å². The minimum atomic E-state index is 0.0280. The molecule has 0 spiro atoms. The fourth-order valence-corrected chi connectivity index (χ4v) is 9.36. The number of nitrogens with one attached hydrogen (secondary N) is 3. The van der Waals surface area contributed by atoms with E-state index >= 15 is 0 Å². The lowest BCUT2D eigenvalue weighted by Crippen LogP contribution is -2.44. The molecule has 67 heavy (non-hydrogen) atoms. The highest BCUT2D eigenvalue weighted by Crippen LogP contribution is 2.41. The number of halogens is 1. The van der Waals surface area contributed by atoms with E-state index < -0.39 is 0 Å². The van der Waals surface area contributed by atoms with Gasteiger partial charge in [-0.15, -0.1) is 19.2 Å². The number of rotatable bonds is 25. The van der Waals surface area contributed by atoms with E-state index in [4.69, 9.17) is 16.6 Å². The molecule has 5 rings (SSSR count). The molecule has 3 unspecified atom stereocenters. The molecule has 0 saturated heterocycles. The van der Waals surface area contributed by atoms with Crippen LogP contribution < -0.4 is 16.0 Å². The molecule has 3 aromatic carbocycles. The van der Waals surface area contributed by atoms with Crippen LogP contribution in [0.1, 0.15) is 91.4 Å². The van der Waals surface area contributed by atoms with Gasteiger partial charge in [-0.05, 0) is 124 Å². The first-order valence-corrected chi connectivity index (χ1v) is 25.5. The molecule has 0 aromatic heterocycles. The number of hydrogen-bond donors (Lipinski definition) is 4. The largest absolute Gasteiger partial charge is 0.390 e. The van der Waals surface area contributed by atoms with Crippen molar-refractivity contribution >= 4 is 41.8 Å². The van der Waals surface area contributed by atoms with E-state index in [1.54, 1.807) is 24.2 Å². The molecule has 3 N–H and O–H groups in total. The monoisotopic (exact) mass is 958 g/mol. The average molecular weight is 959 g/mol. The summed E-state index contributed by atoms with van der Waals surface area (Å²) in [7, 11) is 4.34. The molecular weight excluding hydrogens is 882 g/mol. The Morgan fingerprint density at radius 1 is 0.985 bits per heavy atom. The summed E-state index contributed by atoms with van der Waals surface area (Å²) in [4.78, 5) is 13.8. The number of amidine groups is 1. The molecule has 7 nitrogen and oxygen atoms in total. The highest BCUT2D eigenvalue weighted by molar-refractivity contribution is 8.03. The molecule has 0 amide bonds. The number of nitrogens with zero attached hydrogens (tertiary/aromatic N) is 4. The van der Waals surface area contributed by atoms with Gasteiger partial charge < -0.3 is 25.8 Å². The molecule has 3 atom stereocenters. The zero-order chi connectivity index (χ0) is 48.7. The van der Waals surface area contributed by atoms with Crippen molar-refractivity contribution in [3.05, 3.63) is 184 Å². The summed E-state index contributed by atoms with van der Waals surface area (Å²) in [6, 6.07) is 22.2. The normalized spacial score (nSPS) is 15.8. The molecule has 0 saturated carbocycles. The highest BCUT2D eigenvalue weighted by Gasteiger charge is 2.40. The number of hydrogen-bond acceptors (Lipinski definition) is 9. The Hall–Kier alpha value is -4.82. The molecule has 0 bridgehead atoms. The lowest BCUT2D eigenvalue weighted by molar-refractivity contribution is 0.244. The number of aliphatic imine (C=N–C) groups is 1. The van der Waals surface area contributed by atoms with Crippen molar-refractivity contribution in [2.24, 2.45) is 4.99 Å². The molecule has 1 aliphatic carbocycles. The van der Waals surface area contributed by atoms with E-state index in [1.165, 1.54) is 39.0 Å². The van der Waals surface area contributed by atoms with Gasteiger partial charge >= 0.3 is 0 Å². The van der Waals surface area contributed by atoms with E-state index in [-0.39, 0.29) is 18.1 Å². The van der Waals surface area contributed by atoms with Crippen molar-refractivity contribution in [2.75, 3.05) is 52.6 Å². The van der Waals surface area contributed by atoms with Gasteiger partial charge in [-0.1, -0.05) is 143 Å². The summed E-state index contributed by atoms with van der Waals surface area (Å²) >= 11 is 12.6. The summed E-state index contributed by atoms with van der Waals surface area (Å²) in [6.07, 6.45) is 15.5. The fraction of sp³-hybridized carbons (Fsp3) is 0.386. The van der Waals surface area contributed by atoms with Crippen LogP contribution >= 0.6 is 36.0 Å². The second kappa shape index (κ2) is 29.2. The first kappa shape index (κ1) is 54.8. The van der Waals surface area contributed by atoms with Crippen LogP contribution in [0.2, 0.25) is 0 Å². The summed E-state index contributed by atoms with van der Waals surface area (Å²) in [6.45, 7) is 33.4. The lowest BCUT2D eigenvalue weighted by atomic mass is 9.88. The zero-order valence-corrected chi connectivity index (χ0v) is 43.6. The molecule has 3 aromatic rings. The van der Waals surface area contributed by atoms with Gasteiger partial charge in [0.2, 0.25) is 0 Å². The first-order chi connectivity index (χ1) is 32.4. The van der Waals surface area contributed by atoms with Crippen molar-refractivity contribution in [1.82, 2.24) is 30.7 Å². The van der Waals surface area contributed by atoms with Crippen LogP contribution in [0.15, 0.2) is 155 Å². The Balaban J connectivity index is 0.000000300. The van der Waals surface area contributed by atoms with E-state index in [9.17, 15) is 0 Å². The number of aryl methyl sites for hydroxylation is 3. The van der Waals surface area contributed by atoms with Gasteiger partial charge in [0, 0.05) is 72.1 Å². The van der Waals surface area contributed by atoms with Gasteiger partial charge in [-0.3, -0.25) is 9.89 Å². The standard InChI is InChI=1S/C31H39ClN4S.C26H37N3S/c1-5-23-21-27(37)15-16-28(23)31-34-29(24-9-7-22(3)8-10-24)30(25-11-13-26(32)14-12-25)36(31)20-19-35(4)18-17-33-6-2;1-8-14-26(21(5)27-11-4)29(7)20-25-23(10-3)15-12-16-24(25)17-13-19-30-22(6)28-18-9-2/h6-11,13,15-16,21,29-30,33,37H,2,5,12,14,17-20H2,1,3-4H3;9,11-12,15-16,26-28H,2,4-6,8,10,14,18-20H2,1,3,7H3. The van der Waals surface area contributed by atoms with E-state index in [1.807, 2.05) is 6.08 Å². The third kappa shape index (κ3) is 16.7. The van der Waals surface area contributed by atoms with E-state index in [0.29, 0.717) is 5.75 Å². The van der Waals surface area contributed by atoms with Crippen LogP contribution in [0.25, 0.3) is 0 Å². The number of likely N-dealkylation sites (N-methyl/N-ethyl adjacent to an activating group) is 2. The minimum Gasteiger partial charge on any atom is -0.390 e. The summed E-state index contributed by atoms with van der Waals surface area (Å²) in [5.41, 5.74) is 11.1. The number of thiol groups is 1. The Labute approximate surface area is 419 Å². The predicted octanol–water partition coefficient (Wildman–Crippen LogP) is 12.0. The quantitative estimate of drug-likeness (QED) is 0.0292. The molecular formula is C57H76ClN7S2. The second-order valence-corrected chi connectivity index (χ2v) is 19.1. The number of thioether (sulfide) groups is 1. The maximum absolute atomic E-state index is 6.39. The minimum absolute atomic E-state index is 0.0280. The molecule has 0 radical (unpaired) electrons. The molecule has 1 heterocycles. The van der Waals surface area contributed by atoms with Gasteiger partial charge in [0.15, 0.2) is 0 Å². The maximum atomic E-state index is 6.39. The lowest BCUT2D eigenvalue weighted by Gasteiger charge is -2.35. The van der Waals surface area contributed by atoms with Crippen LogP contribution in [-0.2, 0) is 19.4 Å². The number of benzene rings is 3. The SMILES string of the molecule is C=CCNC(=C)SCC#Cc1cccc(CC)c1CN(C)C(CCC)C(=C)NC=C.C=CNCCN(C)CCN1C(c2ccc(S)cc2CC)=NC(c2ccc(C)cc2)C1C1=CC=C(Cl)CC1. The summed E-state index contributed by atoms with van der Waals surface area (Å²) < 4.78 is 0. The Morgan fingerprint density at radius 2 is 1.75 bits per heavy atom. The molecule has 358 valence electrons. The number of allylic oxidation sites excluding steroid dienone is 3. The highest BCUT2D eigenvalue weighted by atomic mass is 35.5. The average Bonchev–Trinajstić information content (AvgIpc) is 3.70.